The van der Waals surface area contributed by atoms with Crippen molar-refractivity contribution in [3.05, 3.63) is 120 Å². The number of fused-ring (bicyclic) bond motifs is 1. The van der Waals surface area contributed by atoms with Crippen LogP contribution in [0, 0.1) is 5.92 Å². The molecule has 0 amide bonds. The van der Waals surface area contributed by atoms with Crippen molar-refractivity contribution in [1.29, 1.82) is 0 Å². The van der Waals surface area contributed by atoms with Crippen LogP contribution in [-0.2, 0) is 25.8 Å². The molecule has 160 valence electrons. The molecule has 0 heterocycles. The molecule has 0 aliphatic heterocycles. The molecule has 4 aromatic rings. The largest absolute Gasteiger partial charge is 0.312 e. The van der Waals surface area contributed by atoms with Gasteiger partial charge < -0.3 is 4.90 Å². The Bertz CT molecular complexity index is 842. The van der Waals surface area contributed by atoms with E-state index < -0.39 is 0 Å². The van der Waals surface area contributed by atoms with Gasteiger partial charge in [-0.05, 0) is 20.6 Å². The maximum Gasteiger partial charge on any atom is 0 e. The van der Waals surface area contributed by atoms with Gasteiger partial charge in [-0.3, -0.25) is 0 Å². The summed E-state index contributed by atoms with van der Waals surface area (Å²) < 4.78 is 0. The summed E-state index contributed by atoms with van der Waals surface area (Å²) in [4.78, 5) is 2.20. The molecule has 0 fully saturated rings. The van der Waals surface area contributed by atoms with Gasteiger partial charge in [0.1, 0.15) is 0 Å². The summed E-state index contributed by atoms with van der Waals surface area (Å²) in [6, 6.07) is 35.8. The molecule has 0 unspecified atom stereocenters. The van der Waals surface area contributed by atoms with E-state index in [0.717, 1.165) is 6.54 Å². The second kappa shape index (κ2) is 16.5. The van der Waals surface area contributed by atoms with Crippen LogP contribution in [0.4, 0.5) is 0 Å². The minimum Gasteiger partial charge on any atom is -0.312 e. The molecule has 30 heavy (non-hydrogen) atoms. The topological polar surface area (TPSA) is 3.24 Å². The van der Waals surface area contributed by atoms with Gasteiger partial charge >= 0.3 is 0 Å². The Morgan fingerprint density at radius 3 is 1.60 bits per heavy atom. The van der Waals surface area contributed by atoms with Crippen LogP contribution in [-0.4, -0.2) is 25.5 Å². The molecular weight excluding hydrogens is 599 g/mol. The van der Waals surface area contributed by atoms with Crippen LogP contribution in [0.25, 0.3) is 10.8 Å². The van der Waals surface area contributed by atoms with Crippen molar-refractivity contribution in [3.8, 4) is 0 Å². The first-order valence-corrected chi connectivity index (χ1v) is 8.96. The zero-order valence-corrected chi connectivity index (χ0v) is 23.2. The van der Waals surface area contributed by atoms with Gasteiger partial charge in [0, 0.05) is 25.8 Å². The molecule has 4 rings (SSSR count). The summed E-state index contributed by atoms with van der Waals surface area (Å²) in [5.74, 6) is 1.37. The first kappa shape index (κ1) is 31.0. The Morgan fingerprint density at radius 1 is 0.667 bits per heavy atom. The first-order valence-electron chi connectivity index (χ1n) is 8.96. The zero-order chi connectivity index (χ0) is 18.2. The molecule has 0 spiro atoms. The molecule has 0 bridgehead atoms. The Morgan fingerprint density at radius 2 is 1.13 bits per heavy atom. The molecule has 5 heteroatoms. The molecule has 0 atom stereocenters. The van der Waals surface area contributed by atoms with Crippen molar-refractivity contribution in [1.82, 2.24) is 4.90 Å². The van der Waals surface area contributed by atoms with E-state index in [0.29, 0.717) is 0 Å². The van der Waals surface area contributed by atoms with Crippen LogP contribution in [0.5, 0.6) is 0 Å². The molecule has 0 N–H and O–H groups in total. The van der Waals surface area contributed by atoms with Gasteiger partial charge in [0.25, 0.3) is 0 Å². The second-order valence-corrected chi connectivity index (χ2v) is 6.60. The number of nitrogens with zero attached hydrogens (tertiary/aromatic N) is 1. The van der Waals surface area contributed by atoms with Gasteiger partial charge in [-0.2, -0.15) is 17.5 Å². The molecule has 0 saturated heterocycles. The monoisotopic (exact) mass is 627 g/mol. The minimum atomic E-state index is 0. The molecular formula is C25H28Cl3HfN-2. The summed E-state index contributed by atoms with van der Waals surface area (Å²) in [5.41, 5.74) is 2.60. The van der Waals surface area contributed by atoms with Crippen LogP contribution >= 0.6 is 37.2 Å². The number of rotatable bonds is 4. The Labute approximate surface area is 218 Å². The molecule has 4 aromatic carbocycles. The van der Waals surface area contributed by atoms with Crippen LogP contribution in [0.3, 0.4) is 0 Å². The Kier molecular flexibility index (Phi) is 17.1. The van der Waals surface area contributed by atoms with Gasteiger partial charge in [-0.15, -0.1) is 102 Å². The Balaban J connectivity index is 0. The van der Waals surface area contributed by atoms with Gasteiger partial charge in [0.15, 0.2) is 0 Å². The number of hydrogen-bond donors (Lipinski definition) is 0. The Hall–Kier alpha value is -1.16. The standard InChI is InChI=1S/C16H18N.C9H7.3ClH.Hf/c1-17(2)13-16(14-9-5-3-6-10-14)15-11-7-4-8-12-15;1-2-5-9-7-3-6-8(9)4-1;;;;/h3-12H,13H2,1-2H3;1-7H;3*1H;/q2*-1;;;;. The third-order valence-corrected chi connectivity index (χ3v) is 4.27. The fourth-order valence-electron chi connectivity index (χ4n) is 3.01. The average molecular weight is 627 g/mol. The molecule has 0 saturated carbocycles. The van der Waals surface area contributed by atoms with Crippen molar-refractivity contribution in [3.63, 3.8) is 0 Å². The average Bonchev–Trinajstić information content (AvgIpc) is 3.17. The molecule has 0 radical (unpaired) electrons. The maximum absolute atomic E-state index is 2.20. The number of halogens is 3. The van der Waals surface area contributed by atoms with Crippen LogP contribution in [0.2, 0.25) is 0 Å². The molecule has 0 aromatic heterocycles. The smallest absolute Gasteiger partial charge is 0 e. The number of likely N-dealkylation sites (N-methyl/N-ethyl adjacent to an activating group) is 1. The van der Waals surface area contributed by atoms with Crippen LogP contribution in [0.1, 0.15) is 11.1 Å². The summed E-state index contributed by atoms with van der Waals surface area (Å²) in [6.07, 6.45) is 0. The van der Waals surface area contributed by atoms with Crippen molar-refractivity contribution in [2.24, 2.45) is 0 Å². The van der Waals surface area contributed by atoms with E-state index in [1.165, 1.54) is 27.8 Å². The van der Waals surface area contributed by atoms with Gasteiger partial charge in [0.05, 0.1) is 0 Å². The summed E-state index contributed by atoms with van der Waals surface area (Å²) >= 11 is 0. The third-order valence-electron chi connectivity index (χ3n) is 4.27. The summed E-state index contributed by atoms with van der Waals surface area (Å²) in [5, 5.41) is 2.66. The normalized spacial score (nSPS) is 9.03. The van der Waals surface area contributed by atoms with Gasteiger partial charge in [0.2, 0.25) is 0 Å². The predicted octanol–water partition coefficient (Wildman–Crippen LogP) is 7.04. The fourth-order valence-corrected chi connectivity index (χ4v) is 3.01. The van der Waals surface area contributed by atoms with Crippen LogP contribution in [0.15, 0.2) is 103 Å². The van der Waals surface area contributed by atoms with Gasteiger partial charge in [-0.1, -0.05) is 48.4 Å². The van der Waals surface area contributed by atoms with E-state index in [9.17, 15) is 0 Å². The molecule has 0 aliphatic carbocycles. The minimum absolute atomic E-state index is 0. The van der Waals surface area contributed by atoms with E-state index in [-0.39, 0.29) is 63.1 Å². The van der Waals surface area contributed by atoms with Crippen molar-refractivity contribution >= 4 is 48.0 Å². The van der Waals surface area contributed by atoms with Crippen molar-refractivity contribution < 1.29 is 25.8 Å². The second-order valence-electron chi connectivity index (χ2n) is 6.60. The predicted molar refractivity (Wildman–Crippen MR) is 134 cm³/mol. The summed E-state index contributed by atoms with van der Waals surface area (Å²) in [6.45, 7) is 0.952. The zero-order valence-electron chi connectivity index (χ0n) is 17.2. The molecule has 1 nitrogen and oxygen atoms in total. The van der Waals surface area contributed by atoms with E-state index in [1.54, 1.807) is 0 Å². The van der Waals surface area contributed by atoms with E-state index >= 15 is 0 Å². The first-order chi connectivity index (χ1) is 12.7. The third kappa shape index (κ3) is 9.32. The number of benzene rings is 3. The van der Waals surface area contributed by atoms with Crippen molar-refractivity contribution in [2.45, 2.75) is 0 Å². The summed E-state index contributed by atoms with van der Waals surface area (Å²) in [7, 11) is 4.21. The fraction of sp³-hybridized carbons (Fsp3) is 0.120. The van der Waals surface area contributed by atoms with E-state index in [4.69, 9.17) is 0 Å². The maximum atomic E-state index is 2.20. The number of hydrogen-bond acceptors (Lipinski definition) is 1. The van der Waals surface area contributed by atoms with Crippen molar-refractivity contribution in [2.75, 3.05) is 20.6 Å². The van der Waals surface area contributed by atoms with E-state index in [2.05, 4.69) is 122 Å². The van der Waals surface area contributed by atoms with Gasteiger partial charge in [-0.25, -0.2) is 0 Å². The van der Waals surface area contributed by atoms with E-state index in [1.807, 2.05) is 0 Å². The SMILES string of the molecule is CN(C)C[C-](c1ccccc1)c1ccccc1.Cl.Cl.Cl.[Hf].c1ccc2[cH-]ccc2c1. The van der Waals surface area contributed by atoms with Crippen LogP contribution < -0.4 is 0 Å². The molecule has 0 aliphatic rings. The quantitative estimate of drug-likeness (QED) is 0.173.